The summed E-state index contributed by atoms with van der Waals surface area (Å²) in [6, 6.07) is 8.97. The lowest BCUT2D eigenvalue weighted by Gasteiger charge is -2.30. The summed E-state index contributed by atoms with van der Waals surface area (Å²) in [5.74, 6) is 1.85. The van der Waals surface area contributed by atoms with Crippen LogP contribution in [0.2, 0.25) is 0 Å². The van der Waals surface area contributed by atoms with Gasteiger partial charge in [0, 0.05) is 6.04 Å². The highest BCUT2D eigenvalue weighted by Crippen LogP contribution is 2.24. The Morgan fingerprint density at radius 1 is 1.21 bits per heavy atom. The Labute approximate surface area is 166 Å². The fourth-order valence-electron chi connectivity index (χ4n) is 3.42. The molecule has 2 aromatic rings. The molecular formula is C21H27NO5S. The number of carbonyl (C=O) groups excluding carboxylic acids is 1. The van der Waals surface area contributed by atoms with Crippen molar-refractivity contribution < 1.29 is 22.4 Å². The van der Waals surface area contributed by atoms with Crippen LogP contribution in [-0.2, 0) is 21.2 Å². The average Bonchev–Trinajstić information content (AvgIpc) is 3.20. The summed E-state index contributed by atoms with van der Waals surface area (Å²) in [5, 5.41) is 0. The lowest BCUT2D eigenvalue weighted by Crippen LogP contribution is -2.46. The molecule has 6 nitrogen and oxygen atoms in total. The summed E-state index contributed by atoms with van der Waals surface area (Å²) in [6.07, 6.45) is -0.300. The maximum atomic E-state index is 13.2. The number of sulfone groups is 1. The van der Waals surface area contributed by atoms with Gasteiger partial charge in [0.15, 0.2) is 15.9 Å². The molecule has 0 saturated carbocycles. The highest BCUT2D eigenvalue weighted by atomic mass is 32.2. The van der Waals surface area contributed by atoms with E-state index in [9.17, 15) is 13.2 Å². The molecule has 0 bridgehead atoms. The fraction of sp³-hybridized carbons (Fsp3) is 0.476. The quantitative estimate of drug-likeness (QED) is 0.738. The van der Waals surface area contributed by atoms with E-state index >= 15 is 0 Å². The molecule has 2 heterocycles. The van der Waals surface area contributed by atoms with E-state index in [1.54, 1.807) is 11.8 Å². The monoisotopic (exact) mass is 405 g/mol. The first-order valence-corrected chi connectivity index (χ1v) is 11.3. The van der Waals surface area contributed by atoms with Crippen molar-refractivity contribution in [2.75, 3.05) is 11.5 Å². The summed E-state index contributed by atoms with van der Waals surface area (Å²) < 4.78 is 35.4. The van der Waals surface area contributed by atoms with Gasteiger partial charge in [-0.2, -0.15) is 0 Å². The van der Waals surface area contributed by atoms with Crippen molar-refractivity contribution >= 4 is 15.7 Å². The van der Waals surface area contributed by atoms with Crippen molar-refractivity contribution in [2.24, 2.45) is 0 Å². The van der Waals surface area contributed by atoms with E-state index in [0.29, 0.717) is 17.9 Å². The molecule has 28 heavy (non-hydrogen) atoms. The zero-order valence-electron chi connectivity index (χ0n) is 16.8. The largest absolute Gasteiger partial charge is 0.481 e. The molecule has 0 spiro atoms. The van der Waals surface area contributed by atoms with E-state index in [1.165, 1.54) is 0 Å². The SMILES string of the molecule is Cc1ccc(CN(C(=O)[C@H](C)Oc2ccc(C)c(C)c2)[C@@H]2CCS(=O)(=O)C2)o1. The number of nitrogens with zero attached hydrogens (tertiary/aromatic N) is 1. The number of amides is 1. The van der Waals surface area contributed by atoms with E-state index in [2.05, 4.69) is 0 Å². The van der Waals surface area contributed by atoms with Crippen molar-refractivity contribution in [3.63, 3.8) is 0 Å². The minimum atomic E-state index is -3.12. The first-order chi connectivity index (χ1) is 13.1. The molecule has 152 valence electrons. The molecule has 0 unspecified atom stereocenters. The maximum absolute atomic E-state index is 13.2. The highest BCUT2D eigenvalue weighted by Gasteiger charge is 2.37. The van der Waals surface area contributed by atoms with Crippen LogP contribution < -0.4 is 4.74 Å². The van der Waals surface area contributed by atoms with Crippen LogP contribution in [0.25, 0.3) is 0 Å². The predicted octanol–water partition coefficient (Wildman–Crippen LogP) is 3.19. The zero-order chi connectivity index (χ0) is 20.5. The van der Waals surface area contributed by atoms with Gasteiger partial charge in [-0.3, -0.25) is 4.79 Å². The summed E-state index contributed by atoms with van der Waals surface area (Å²) in [7, 11) is -3.12. The molecule has 0 radical (unpaired) electrons. The Bertz CT molecular complexity index is 963. The molecule has 7 heteroatoms. The summed E-state index contributed by atoms with van der Waals surface area (Å²) in [4.78, 5) is 14.8. The van der Waals surface area contributed by atoms with Gasteiger partial charge in [-0.15, -0.1) is 0 Å². The molecule has 1 fully saturated rings. The normalized spacial score (nSPS) is 19.4. The zero-order valence-corrected chi connectivity index (χ0v) is 17.6. The minimum absolute atomic E-state index is 0.0191. The molecule has 0 aliphatic carbocycles. The van der Waals surface area contributed by atoms with Gasteiger partial charge in [-0.1, -0.05) is 6.07 Å². The van der Waals surface area contributed by atoms with Crippen LogP contribution in [0, 0.1) is 20.8 Å². The number of benzene rings is 1. The summed E-state index contributed by atoms with van der Waals surface area (Å²) in [5.41, 5.74) is 2.24. The van der Waals surface area contributed by atoms with Crippen molar-refractivity contribution in [1.29, 1.82) is 0 Å². The topological polar surface area (TPSA) is 76.8 Å². The Balaban J connectivity index is 1.79. The van der Waals surface area contributed by atoms with Crippen molar-refractivity contribution in [3.8, 4) is 5.75 Å². The van der Waals surface area contributed by atoms with Crippen LogP contribution in [0.1, 0.15) is 36.0 Å². The smallest absolute Gasteiger partial charge is 0.264 e. The third kappa shape index (κ3) is 4.76. The maximum Gasteiger partial charge on any atom is 0.264 e. The molecule has 1 aromatic carbocycles. The van der Waals surface area contributed by atoms with Crippen molar-refractivity contribution in [3.05, 3.63) is 53.0 Å². The Morgan fingerprint density at radius 2 is 1.96 bits per heavy atom. The molecule has 3 rings (SSSR count). The van der Waals surface area contributed by atoms with Gasteiger partial charge < -0.3 is 14.1 Å². The van der Waals surface area contributed by atoms with Gasteiger partial charge >= 0.3 is 0 Å². The number of rotatable bonds is 6. The van der Waals surface area contributed by atoms with Gasteiger partial charge in [-0.05, 0) is 69.5 Å². The first kappa shape index (κ1) is 20.5. The van der Waals surface area contributed by atoms with E-state index in [4.69, 9.17) is 9.15 Å². The van der Waals surface area contributed by atoms with Gasteiger partial charge in [0.05, 0.1) is 18.1 Å². The number of furan rings is 1. The second kappa shape index (κ2) is 7.99. The molecule has 1 aromatic heterocycles. The van der Waals surface area contributed by atoms with Crippen LogP contribution in [0.15, 0.2) is 34.7 Å². The van der Waals surface area contributed by atoms with Crippen LogP contribution in [0.5, 0.6) is 5.75 Å². The highest BCUT2D eigenvalue weighted by molar-refractivity contribution is 7.91. The number of hydrogen-bond acceptors (Lipinski definition) is 5. The fourth-order valence-corrected chi connectivity index (χ4v) is 5.15. The van der Waals surface area contributed by atoms with Gasteiger partial charge in [0.25, 0.3) is 5.91 Å². The molecule has 1 aliphatic heterocycles. The first-order valence-electron chi connectivity index (χ1n) is 9.45. The Kier molecular flexibility index (Phi) is 5.84. The lowest BCUT2D eigenvalue weighted by atomic mass is 10.1. The third-order valence-electron chi connectivity index (χ3n) is 5.19. The average molecular weight is 406 g/mol. The number of hydrogen-bond donors (Lipinski definition) is 0. The third-order valence-corrected chi connectivity index (χ3v) is 6.94. The van der Waals surface area contributed by atoms with Crippen molar-refractivity contribution in [2.45, 2.75) is 52.8 Å². The van der Waals surface area contributed by atoms with E-state index < -0.39 is 15.9 Å². The molecule has 1 saturated heterocycles. The minimum Gasteiger partial charge on any atom is -0.481 e. The van der Waals surface area contributed by atoms with E-state index in [0.717, 1.165) is 16.9 Å². The van der Waals surface area contributed by atoms with E-state index in [-0.39, 0.29) is 30.0 Å². The number of aryl methyl sites for hydroxylation is 3. The number of carbonyl (C=O) groups is 1. The summed E-state index contributed by atoms with van der Waals surface area (Å²) >= 11 is 0. The van der Waals surface area contributed by atoms with Crippen LogP contribution >= 0.6 is 0 Å². The number of ether oxygens (including phenoxy) is 1. The summed E-state index contributed by atoms with van der Waals surface area (Å²) in [6.45, 7) is 7.76. The van der Waals surface area contributed by atoms with Gasteiger partial charge in [-0.25, -0.2) is 8.42 Å². The molecule has 1 amide bonds. The molecular weight excluding hydrogens is 378 g/mol. The Hall–Kier alpha value is -2.28. The van der Waals surface area contributed by atoms with E-state index in [1.807, 2.05) is 51.1 Å². The van der Waals surface area contributed by atoms with Crippen LogP contribution in [-0.4, -0.2) is 42.9 Å². The second-order valence-electron chi connectivity index (χ2n) is 7.54. The van der Waals surface area contributed by atoms with Gasteiger partial charge in [0.2, 0.25) is 0 Å². The standard InChI is InChI=1S/C21H27NO5S/c1-14-5-7-19(11-15(14)2)27-17(4)21(23)22(12-20-8-6-16(3)26-20)18-9-10-28(24,25)13-18/h5-8,11,17-18H,9-10,12-13H2,1-4H3/t17-,18+/m0/s1. The van der Waals surface area contributed by atoms with Crippen LogP contribution in [0.4, 0.5) is 0 Å². The Morgan fingerprint density at radius 3 is 2.54 bits per heavy atom. The lowest BCUT2D eigenvalue weighted by molar-refractivity contribution is -0.140. The molecule has 0 N–H and O–H groups in total. The van der Waals surface area contributed by atoms with Crippen LogP contribution in [0.3, 0.4) is 0 Å². The van der Waals surface area contributed by atoms with Gasteiger partial charge in [0.1, 0.15) is 17.3 Å². The van der Waals surface area contributed by atoms with Crippen molar-refractivity contribution in [1.82, 2.24) is 4.90 Å². The predicted molar refractivity (Wildman–Crippen MR) is 107 cm³/mol. The molecule has 2 atom stereocenters. The molecule has 1 aliphatic rings. The second-order valence-corrected chi connectivity index (χ2v) is 9.77.